The van der Waals surface area contributed by atoms with Crippen molar-refractivity contribution in [3.05, 3.63) is 81.9 Å². The van der Waals surface area contributed by atoms with E-state index in [-0.39, 0.29) is 22.9 Å². The molecule has 0 bridgehead atoms. The van der Waals surface area contributed by atoms with Crippen LogP contribution < -0.4 is 0 Å². The molecule has 1 atom stereocenters. The number of carbonyl (C=O) groups excluding carboxylic acids is 1. The van der Waals surface area contributed by atoms with Crippen LogP contribution in [-0.4, -0.2) is 34.6 Å². The molecule has 3 aromatic rings. The van der Waals surface area contributed by atoms with Crippen LogP contribution in [0.3, 0.4) is 0 Å². The van der Waals surface area contributed by atoms with Gasteiger partial charge in [-0.3, -0.25) is 4.79 Å². The average Bonchev–Trinajstić information content (AvgIpc) is 3.17. The highest BCUT2D eigenvalue weighted by molar-refractivity contribution is 6.30. The van der Waals surface area contributed by atoms with Crippen LogP contribution in [0.5, 0.6) is 0 Å². The molecule has 33 heavy (non-hydrogen) atoms. The first-order valence-electron chi connectivity index (χ1n) is 11.3. The average molecular weight is 470 g/mol. The molecule has 4 nitrogen and oxygen atoms in total. The lowest BCUT2D eigenvalue weighted by atomic mass is 9.91. The van der Waals surface area contributed by atoms with Gasteiger partial charge in [-0.1, -0.05) is 57.5 Å². The van der Waals surface area contributed by atoms with E-state index in [9.17, 15) is 9.18 Å². The Bertz CT molecular complexity index is 1130. The Kier molecular flexibility index (Phi) is 7.76. The predicted octanol–water partition coefficient (Wildman–Crippen LogP) is 6.33. The van der Waals surface area contributed by atoms with Crippen LogP contribution >= 0.6 is 11.6 Å². The van der Waals surface area contributed by atoms with Gasteiger partial charge in [0.2, 0.25) is 0 Å². The van der Waals surface area contributed by atoms with Crippen molar-refractivity contribution in [3.8, 4) is 5.69 Å². The summed E-state index contributed by atoms with van der Waals surface area (Å²) in [6.07, 6.45) is 0.887. The Morgan fingerprint density at radius 1 is 1.15 bits per heavy atom. The number of hydrogen-bond acceptors (Lipinski definition) is 3. The quantitative estimate of drug-likeness (QED) is 0.387. The minimum Gasteiger partial charge on any atom is -0.305 e. The molecule has 3 rings (SSSR count). The molecule has 0 spiro atoms. The maximum absolute atomic E-state index is 14.5. The van der Waals surface area contributed by atoms with E-state index in [1.54, 1.807) is 6.07 Å². The van der Waals surface area contributed by atoms with Gasteiger partial charge in [0.25, 0.3) is 0 Å². The van der Waals surface area contributed by atoms with Gasteiger partial charge < -0.3 is 4.90 Å². The minimum atomic E-state index is -0.377. The molecule has 0 amide bonds. The van der Waals surface area contributed by atoms with E-state index in [0.717, 1.165) is 17.1 Å². The van der Waals surface area contributed by atoms with Gasteiger partial charge in [0.05, 0.1) is 11.4 Å². The molecule has 0 aliphatic carbocycles. The Morgan fingerprint density at radius 2 is 1.88 bits per heavy atom. The Morgan fingerprint density at radius 3 is 2.48 bits per heavy atom. The van der Waals surface area contributed by atoms with E-state index in [1.165, 1.54) is 6.07 Å². The van der Waals surface area contributed by atoms with Crippen molar-refractivity contribution in [1.82, 2.24) is 14.7 Å². The second-order valence-corrected chi connectivity index (χ2v) is 10.4. The number of rotatable bonds is 8. The summed E-state index contributed by atoms with van der Waals surface area (Å²) in [5, 5.41) is 5.45. The molecule has 1 aromatic heterocycles. The molecule has 6 heteroatoms. The van der Waals surface area contributed by atoms with Gasteiger partial charge in [-0.05, 0) is 56.4 Å². The number of ketones is 1. The molecule has 0 N–H and O–H groups in total. The highest BCUT2D eigenvalue weighted by Gasteiger charge is 2.22. The van der Waals surface area contributed by atoms with Gasteiger partial charge in [-0.25, -0.2) is 9.07 Å². The summed E-state index contributed by atoms with van der Waals surface area (Å²) in [6, 6.07) is 14.7. The predicted molar refractivity (Wildman–Crippen MR) is 133 cm³/mol. The van der Waals surface area contributed by atoms with Crippen molar-refractivity contribution >= 4 is 17.4 Å². The number of nitrogens with zero attached hydrogens (tertiary/aromatic N) is 3. The van der Waals surface area contributed by atoms with Crippen LogP contribution in [0.2, 0.25) is 5.02 Å². The smallest absolute Gasteiger partial charge is 0.140 e. The molecule has 1 unspecified atom stereocenters. The van der Waals surface area contributed by atoms with Crippen molar-refractivity contribution in [2.24, 2.45) is 0 Å². The molecular formula is C27H33ClFN3O. The van der Waals surface area contributed by atoms with E-state index in [4.69, 9.17) is 16.7 Å². The van der Waals surface area contributed by atoms with Gasteiger partial charge in [0.1, 0.15) is 11.6 Å². The van der Waals surface area contributed by atoms with Crippen LogP contribution in [0.4, 0.5) is 4.39 Å². The molecule has 2 aromatic carbocycles. The van der Waals surface area contributed by atoms with E-state index < -0.39 is 0 Å². The van der Waals surface area contributed by atoms with Gasteiger partial charge in [-0.2, -0.15) is 5.10 Å². The molecular weight excluding hydrogens is 437 g/mol. The highest BCUT2D eigenvalue weighted by Crippen LogP contribution is 2.27. The van der Waals surface area contributed by atoms with Gasteiger partial charge in [0, 0.05) is 40.6 Å². The molecule has 0 aliphatic rings. The summed E-state index contributed by atoms with van der Waals surface area (Å²) in [6.45, 7) is 8.71. The van der Waals surface area contributed by atoms with Crippen molar-refractivity contribution < 1.29 is 9.18 Å². The zero-order chi connectivity index (χ0) is 24.3. The number of halogens is 2. The Hall–Kier alpha value is -2.50. The van der Waals surface area contributed by atoms with E-state index in [1.807, 2.05) is 60.9 Å². The molecule has 0 fully saturated rings. The monoisotopic (exact) mass is 469 g/mol. The van der Waals surface area contributed by atoms with Gasteiger partial charge in [-0.15, -0.1) is 0 Å². The summed E-state index contributed by atoms with van der Waals surface area (Å²) in [4.78, 5) is 14.9. The van der Waals surface area contributed by atoms with Crippen LogP contribution in [0.25, 0.3) is 5.69 Å². The molecule has 1 heterocycles. The van der Waals surface area contributed by atoms with E-state index in [0.29, 0.717) is 35.5 Å². The topological polar surface area (TPSA) is 38.1 Å². The number of aryl methyl sites for hydroxylation is 1. The van der Waals surface area contributed by atoms with Gasteiger partial charge in [0.15, 0.2) is 0 Å². The Balaban J connectivity index is 1.79. The SMILES string of the molecule is CC(C(=O)CCc1cc(C(C)(C)C)nn1-c1cccc(Cl)c1)c1ccc(CN(C)C)c(F)c1. The van der Waals surface area contributed by atoms with Crippen LogP contribution in [0.15, 0.2) is 48.5 Å². The lowest BCUT2D eigenvalue weighted by Gasteiger charge is -2.15. The zero-order valence-electron chi connectivity index (χ0n) is 20.3. The molecule has 176 valence electrons. The number of carbonyl (C=O) groups is 1. The van der Waals surface area contributed by atoms with Crippen LogP contribution in [-0.2, 0) is 23.2 Å². The third-order valence-electron chi connectivity index (χ3n) is 5.78. The standard InChI is InChI=1S/C27H33ClFN3O/c1-18(19-10-11-20(17-31(5)6)24(29)14-19)25(33)13-12-23-16-26(27(2,3)4)30-32(23)22-9-7-8-21(28)15-22/h7-11,14-16,18H,12-13,17H2,1-6H3. The summed E-state index contributed by atoms with van der Waals surface area (Å²) < 4.78 is 16.4. The summed E-state index contributed by atoms with van der Waals surface area (Å²) in [5.41, 5.74) is 3.99. The van der Waals surface area contributed by atoms with Crippen LogP contribution in [0, 0.1) is 5.82 Å². The number of Topliss-reactive ketones (excluding diaryl/α,β-unsaturated/α-hetero) is 1. The number of benzene rings is 2. The van der Waals surface area contributed by atoms with Crippen molar-refractivity contribution in [1.29, 1.82) is 0 Å². The van der Waals surface area contributed by atoms with Crippen molar-refractivity contribution in [2.45, 2.75) is 58.4 Å². The van der Waals surface area contributed by atoms with Crippen molar-refractivity contribution in [2.75, 3.05) is 14.1 Å². The summed E-state index contributed by atoms with van der Waals surface area (Å²) >= 11 is 6.20. The summed E-state index contributed by atoms with van der Waals surface area (Å²) in [7, 11) is 3.80. The maximum atomic E-state index is 14.5. The van der Waals surface area contributed by atoms with E-state index in [2.05, 4.69) is 26.8 Å². The van der Waals surface area contributed by atoms with Crippen molar-refractivity contribution in [3.63, 3.8) is 0 Å². The largest absolute Gasteiger partial charge is 0.305 e. The first-order valence-corrected chi connectivity index (χ1v) is 11.6. The zero-order valence-corrected chi connectivity index (χ0v) is 21.1. The molecule has 0 aliphatic heterocycles. The second-order valence-electron chi connectivity index (χ2n) is 9.94. The van der Waals surface area contributed by atoms with Crippen LogP contribution in [0.1, 0.15) is 62.5 Å². The molecule has 0 saturated heterocycles. The normalized spacial score (nSPS) is 12.9. The molecule has 0 radical (unpaired) electrons. The second kappa shape index (κ2) is 10.2. The minimum absolute atomic E-state index is 0.0749. The first kappa shape index (κ1) is 25.1. The number of hydrogen-bond donors (Lipinski definition) is 0. The summed E-state index contributed by atoms with van der Waals surface area (Å²) in [5.74, 6) is -0.571. The van der Waals surface area contributed by atoms with E-state index >= 15 is 0 Å². The van der Waals surface area contributed by atoms with Gasteiger partial charge >= 0.3 is 0 Å². The first-order chi connectivity index (χ1) is 15.5. The third kappa shape index (κ3) is 6.30. The fourth-order valence-corrected chi connectivity index (χ4v) is 3.94. The lowest BCUT2D eigenvalue weighted by molar-refractivity contribution is -0.120. The lowest BCUT2D eigenvalue weighted by Crippen LogP contribution is -2.14. The molecule has 0 saturated carbocycles. The number of aromatic nitrogens is 2. The maximum Gasteiger partial charge on any atom is 0.140 e. The fourth-order valence-electron chi connectivity index (χ4n) is 3.75. The fraction of sp³-hybridized carbons (Fsp3) is 0.407. The Labute approximate surface area is 201 Å². The third-order valence-corrected chi connectivity index (χ3v) is 6.01. The highest BCUT2D eigenvalue weighted by atomic mass is 35.5.